The minimum atomic E-state index is 0.880. The summed E-state index contributed by atoms with van der Waals surface area (Å²) < 4.78 is 2.89. The van der Waals surface area contributed by atoms with Crippen LogP contribution in [0.2, 0.25) is 0 Å². The van der Waals surface area contributed by atoms with Crippen LogP contribution in [-0.2, 0) is 6.54 Å². The van der Waals surface area contributed by atoms with Gasteiger partial charge in [0.1, 0.15) is 5.52 Å². The van der Waals surface area contributed by atoms with Gasteiger partial charge in [-0.3, -0.25) is 0 Å². The Morgan fingerprint density at radius 1 is 1.19 bits per heavy atom. The van der Waals surface area contributed by atoms with Crippen LogP contribution in [0.5, 0.6) is 0 Å². The number of benzene rings is 2. The zero-order valence-electron chi connectivity index (χ0n) is 11.9. The molecule has 1 heterocycles. The number of hydrogen-bond donors (Lipinski definition) is 1. The number of hydrogen-bond acceptors (Lipinski definition) is 3. The molecule has 0 aliphatic heterocycles. The van der Waals surface area contributed by atoms with Crippen LogP contribution in [0.4, 0.5) is 0 Å². The fraction of sp³-hybridized carbons (Fsp3) is 0.250. The SMILES string of the molecule is CCCNCc1ccc(-n2nnc3ccccc32)c(Br)c1. The van der Waals surface area contributed by atoms with Crippen molar-refractivity contribution in [3.63, 3.8) is 0 Å². The summed E-state index contributed by atoms with van der Waals surface area (Å²) in [6.07, 6.45) is 1.14. The summed E-state index contributed by atoms with van der Waals surface area (Å²) in [7, 11) is 0. The molecule has 21 heavy (non-hydrogen) atoms. The van der Waals surface area contributed by atoms with E-state index in [-0.39, 0.29) is 0 Å². The van der Waals surface area contributed by atoms with E-state index in [2.05, 4.69) is 56.7 Å². The number of aromatic nitrogens is 3. The van der Waals surface area contributed by atoms with Gasteiger partial charge in [0.15, 0.2) is 0 Å². The predicted octanol–water partition coefficient (Wildman–Crippen LogP) is 3.68. The lowest BCUT2D eigenvalue weighted by Gasteiger charge is -2.08. The second-order valence-corrected chi connectivity index (χ2v) is 5.81. The average Bonchev–Trinajstić information content (AvgIpc) is 2.92. The molecule has 0 fully saturated rings. The van der Waals surface area contributed by atoms with Gasteiger partial charge in [-0.25, -0.2) is 4.68 Å². The first-order valence-corrected chi connectivity index (χ1v) is 7.89. The summed E-state index contributed by atoms with van der Waals surface area (Å²) >= 11 is 3.65. The minimum absolute atomic E-state index is 0.880. The van der Waals surface area contributed by atoms with Crippen LogP contribution in [0.15, 0.2) is 46.9 Å². The molecule has 4 nitrogen and oxygen atoms in total. The van der Waals surface area contributed by atoms with E-state index in [1.807, 2.05) is 28.9 Å². The predicted molar refractivity (Wildman–Crippen MR) is 88.6 cm³/mol. The van der Waals surface area contributed by atoms with E-state index in [4.69, 9.17) is 0 Å². The molecule has 108 valence electrons. The van der Waals surface area contributed by atoms with E-state index in [1.54, 1.807) is 0 Å². The van der Waals surface area contributed by atoms with Gasteiger partial charge in [-0.05, 0) is 58.7 Å². The van der Waals surface area contributed by atoms with Gasteiger partial charge >= 0.3 is 0 Å². The standard InChI is InChI=1S/C16H17BrN4/c1-2-9-18-11-12-7-8-15(13(17)10-12)21-16-6-4-3-5-14(16)19-20-21/h3-8,10,18H,2,9,11H2,1H3. The van der Waals surface area contributed by atoms with E-state index in [9.17, 15) is 0 Å². The van der Waals surface area contributed by atoms with Crippen molar-refractivity contribution in [2.24, 2.45) is 0 Å². The number of fused-ring (bicyclic) bond motifs is 1. The van der Waals surface area contributed by atoms with Crippen LogP contribution in [-0.4, -0.2) is 21.5 Å². The molecule has 1 N–H and O–H groups in total. The number of halogens is 1. The molecule has 3 aromatic rings. The lowest BCUT2D eigenvalue weighted by atomic mass is 10.2. The van der Waals surface area contributed by atoms with Crippen LogP contribution in [0.1, 0.15) is 18.9 Å². The number of para-hydroxylation sites is 1. The maximum atomic E-state index is 4.25. The smallest absolute Gasteiger partial charge is 0.113 e. The summed E-state index contributed by atoms with van der Waals surface area (Å²) in [6.45, 7) is 4.08. The highest BCUT2D eigenvalue weighted by Crippen LogP contribution is 2.24. The van der Waals surface area contributed by atoms with Crippen molar-refractivity contribution < 1.29 is 0 Å². The first-order chi connectivity index (χ1) is 10.3. The molecule has 1 aromatic heterocycles. The van der Waals surface area contributed by atoms with Crippen molar-refractivity contribution in [2.75, 3.05) is 6.54 Å². The monoisotopic (exact) mass is 344 g/mol. The third-order valence-corrected chi connectivity index (χ3v) is 3.98. The van der Waals surface area contributed by atoms with Gasteiger partial charge in [0.05, 0.1) is 11.2 Å². The second-order valence-electron chi connectivity index (χ2n) is 4.95. The largest absolute Gasteiger partial charge is 0.313 e. The minimum Gasteiger partial charge on any atom is -0.313 e. The van der Waals surface area contributed by atoms with Crippen molar-refractivity contribution in [2.45, 2.75) is 19.9 Å². The van der Waals surface area contributed by atoms with Gasteiger partial charge in [0.2, 0.25) is 0 Å². The molecule has 0 saturated heterocycles. The Morgan fingerprint density at radius 3 is 2.86 bits per heavy atom. The maximum Gasteiger partial charge on any atom is 0.113 e. The molecule has 0 unspecified atom stereocenters. The molecule has 0 aliphatic carbocycles. The summed E-state index contributed by atoms with van der Waals surface area (Å²) in [5, 5.41) is 11.9. The number of nitrogens with one attached hydrogen (secondary N) is 1. The summed E-state index contributed by atoms with van der Waals surface area (Å²) in [5.74, 6) is 0. The Labute approximate surface area is 132 Å². The highest BCUT2D eigenvalue weighted by atomic mass is 79.9. The van der Waals surface area contributed by atoms with Crippen LogP contribution >= 0.6 is 15.9 Å². The van der Waals surface area contributed by atoms with Crippen molar-refractivity contribution in [3.05, 3.63) is 52.5 Å². The third kappa shape index (κ3) is 2.99. The molecule has 0 saturated carbocycles. The molecule has 2 aromatic carbocycles. The van der Waals surface area contributed by atoms with Crippen LogP contribution in [0.3, 0.4) is 0 Å². The number of rotatable bonds is 5. The first kappa shape index (κ1) is 14.2. The quantitative estimate of drug-likeness (QED) is 0.718. The van der Waals surface area contributed by atoms with Crippen molar-refractivity contribution in [3.8, 4) is 5.69 Å². The zero-order chi connectivity index (χ0) is 14.7. The molecule has 0 aliphatic rings. The fourth-order valence-electron chi connectivity index (χ4n) is 2.29. The normalized spacial score (nSPS) is 11.1. The van der Waals surface area contributed by atoms with E-state index < -0.39 is 0 Å². The van der Waals surface area contributed by atoms with Crippen LogP contribution in [0, 0.1) is 0 Å². The molecule has 5 heteroatoms. The van der Waals surface area contributed by atoms with Gasteiger partial charge in [0.25, 0.3) is 0 Å². The van der Waals surface area contributed by atoms with E-state index in [0.29, 0.717) is 0 Å². The molecule has 0 amide bonds. The molecular formula is C16H17BrN4. The Balaban J connectivity index is 1.92. The summed E-state index contributed by atoms with van der Waals surface area (Å²) in [6, 6.07) is 14.3. The molecular weight excluding hydrogens is 328 g/mol. The van der Waals surface area contributed by atoms with Gasteiger partial charge < -0.3 is 5.32 Å². The molecule has 3 rings (SSSR count). The molecule has 0 spiro atoms. The summed E-state index contributed by atoms with van der Waals surface area (Å²) in [4.78, 5) is 0. The molecule has 0 radical (unpaired) electrons. The summed E-state index contributed by atoms with van der Waals surface area (Å²) in [5.41, 5.74) is 4.17. The maximum absolute atomic E-state index is 4.25. The van der Waals surface area contributed by atoms with Crippen molar-refractivity contribution in [1.29, 1.82) is 0 Å². The second kappa shape index (κ2) is 6.37. The average molecular weight is 345 g/mol. The van der Waals surface area contributed by atoms with Gasteiger partial charge in [-0.15, -0.1) is 5.10 Å². The van der Waals surface area contributed by atoms with E-state index >= 15 is 0 Å². The third-order valence-electron chi connectivity index (χ3n) is 3.35. The van der Waals surface area contributed by atoms with E-state index in [0.717, 1.165) is 40.7 Å². The Kier molecular flexibility index (Phi) is 4.31. The Hall–Kier alpha value is -1.72. The zero-order valence-corrected chi connectivity index (χ0v) is 13.5. The van der Waals surface area contributed by atoms with Crippen molar-refractivity contribution in [1.82, 2.24) is 20.3 Å². The number of nitrogens with zero attached hydrogens (tertiary/aromatic N) is 3. The van der Waals surface area contributed by atoms with Gasteiger partial charge in [-0.1, -0.05) is 30.3 Å². The van der Waals surface area contributed by atoms with Gasteiger partial charge in [-0.2, -0.15) is 0 Å². The highest BCUT2D eigenvalue weighted by Gasteiger charge is 2.09. The molecule has 0 atom stereocenters. The molecule has 0 bridgehead atoms. The Bertz CT molecular complexity index is 751. The highest BCUT2D eigenvalue weighted by molar-refractivity contribution is 9.10. The van der Waals surface area contributed by atoms with E-state index in [1.165, 1.54) is 5.56 Å². The van der Waals surface area contributed by atoms with Crippen LogP contribution < -0.4 is 5.32 Å². The lowest BCUT2D eigenvalue weighted by Crippen LogP contribution is -2.13. The fourth-order valence-corrected chi connectivity index (χ4v) is 2.88. The van der Waals surface area contributed by atoms with Crippen molar-refractivity contribution >= 4 is 27.0 Å². The topological polar surface area (TPSA) is 42.7 Å². The lowest BCUT2D eigenvalue weighted by molar-refractivity contribution is 0.675. The Morgan fingerprint density at radius 2 is 2.05 bits per heavy atom. The van der Waals surface area contributed by atoms with Crippen LogP contribution in [0.25, 0.3) is 16.7 Å². The first-order valence-electron chi connectivity index (χ1n) is 7.09. The van der Waals surface area contributed by atoms with Gasteiger partial charge in [0, 0.05) is 11.0 Å².